The first-order valence-electron chi connectivity index (χ1n) is 8.19. The van der Waals surface area contributed by atoms with Crippen molar-refractivity contribution >= 4 is 28.9 Å². The number of halogens is 1. The number of carbonyl (C=O) groups is 1. The average Bonchev–Trinajstić information content (AvgIpc) is 2.48. The Kier molecular flexibility index (Phi) is 6.12. The van der Waals surface area contributed by atoms with E-state index >= 15 is 0 Å². The minimum absolute atomic E-state index is 0.0676. The zero-order valence-electron chi connectivity index (χ0n) is 14.5. The van der Waals surface area contributed by atoms with E-state index < -0.39 is 0 Å². The third-order valence-electron chi connectivity index (χ3n) is 3.80. The summed E-state index contributed by atoms with van der Waals surface area (Å²) in [7, 11) is 0. The molecule has 7 heteroatoms. The molecule has 1 saturated heterocycles. The van der Waals surface area contributed by atoms with Gasteiger partial charge in [-0.2, -0.15) is 0 Å². The lowest BCUT2D eigenvalue weighted by Gasteiger charge is -2.34. The molecule has 1 aromatic carbocycles. The molecule has 0 atom stereocenters. The van der Waals surface area contributed by atoms with Crippen LogP contribution in [0.15, 0.2) is 24.3 Å². The molecule has 0 saturated carbocycles. The quantitative estimate of drug-likeness (QED) is 0.698. The van der Waals surface area contributed by atoms with E-state index in [0.717, 1.165) is 26.2 Å². The fourth-order valence-electron chi connectivity index (χ4n) is 2.65. The normalized spacial score (nSPS) is 15.9. The monoisotopic (exact) mass is 353 g/mol. The molecular formula is C17H26FN4OS+. The zero-order valence-corrected chi connectivity index (χ0v) is 15.3. The van der Waals surface area contributed by atoms with Gasteiger partial charge in [-0.25, -0.2) is 4.39 Å². The first kappa shape index (κ1) is 18.6. The lowest BCUT2D eigenvalue weighted by atomic mass is 10.1. The van der Waals surface area contributed by atoms with E-state index in [1.807, 2.05) is 25.7 Å². The smallest absolute Gasteiger partial charge is 0.275 e. The lowest BCUT2D eigenvalue weighted by molar-refractivity contribution is -0.895. The molecule has 0 unspecified atom stereocenters. The number of quaternary nitrogens is 1. The topological polar surface area (TPSA) is 48.8 Å². The molecule has 5 nitrogen and oxygen atoms in total. The van der Waals surface area contributed by atoms with Crippen LogP contribution in [-0.4, -0.2) is 54.2 Å². The largest absolute Gasteiger partial charge is 0.347 e. The SMILES string of the molecule is CC(C)(C)NC(=O)C[NH+]1CCN(C(=S)Nc2ccccc2F)CC1. The summed E-state index contributed by atoms with van der Waals surface area (Å²) < 4.78 is 13.7. The van der Waals surface area contributed by atoms with Crippen LogP contribution in [0.4, 0.5) is 10.1 Å². The highest BCUT2D eigenvalue weighted by Crippen LogP contribution is 2.13. The molecule has 0 radical (unpaired) electrons. The van der Waals surface area contributed by atoms with Gasteiger partial charge >= 0.3 is 0 Å². The fourth-order valence-corrected chi connectivity index (χ4v) is 2.94. The van der Waals surface area contributed by atoms with Crippen LogP contribution >= 0.6 is 12.2 Å². The second-order valence-electron chi connectivity index (χ2n) is 7.12. The predicted molar refractivity (Wildman–Crippen MR) is 97.7 cm³/mol. The van der Waals surface area contributed by atoms with Gasteiger partial charge in [-0.05, 0) is 45.1 Å². The highest BCUT2D eigenvalue weighted by atomic mass is 32.1. The highest BCUT2D eigenvalue weighted by Gasteiger charge is 2.25. The van der Waals surface area contributed by atoms with Gasteiger partial charge in [-0.1, -0.05) is 12.1 Å². The molecule has 132 valence electrons. The van der Waals surface area contributed by atoms with Gasteiger partial charge in [0.2, 0.25) is 0 Å². The number of nitrogens with zero attached hydrogens (tertiary/aromatic N) is 1. The van der Waals surface area contributed by atoms with Crippen molar-refractivity contribution in [3.8, 4) is 0 Å². The van der Waals surface area contributed by atoms with E-state index in [2.05, 4.69) is 10.6 Å². The Bertz CT molecular complexity index is 594. The number of thiocarbonyl (C=S) groups is 1. The molecule has 2 rings (SSSR count). The van der Waals surface area contributed by atoms with Crippen molar-refractivity contribution < 1.29 is 14.1 Å². The molecule has 1 aromatic rings. The number of amides is 1. The number of benzene rings is 1. The Morgan fingerprint density at radius 2 is 1.92 bits per heavy atom. The minimum atomic E-state index is -0.317. The summed E-state index contributed by atoms with van der Waals surface area (Å²) in [6.07, 6.45) is 0. The Hall–Kier alpha value is -1.73. The summed E-state index contributed by atoms with van der Waals surface area (Å²) in [5, 5.41) is 6.47. The van der Waals surface area contributed by atoms with E-state index in [9.17, 15) is 9.18 Å². The number of hydrogen-bond acceptors (Lipinski definition) is 2. The second kappa shape index (κ2) is 7.90. The Labute approximate surface area is 148 Å². The molecule has 24 heavy (non-hydrogen) atoms. The molecule has 1 aliphatic rings. The Balaban J connectivity index is 1.79. The molecule has 1 amide bonds. The zero-order chi connectivity index (χ0) is 17.7. The Morgan fingerprint density at radius 3 is 2.50 bits per heavy atom. The molecule has 3 N–H and O–H groups in total. The number of anilines is 1. The van der Waals surface area contributed by atoms with Crippen molar-refractivity contribution in [3.63, 3.8) is 0 Å². The molecule has 1 fully saturated rings. The molecule has 1 heterocycles. The Morgan fingerprint density at radius 1 is 1.29 bits per heavy atom. The van der Waals surface area contributed by atoms with Crippen molar-refractivity contribution in [3.05, 3.63) is 30.1 Å². The van der Waals surface area contributed by atoms with E-state index in [-0.39, 0.29) is 17.3 Å². The number of para-hydroxylation sites is 1. The van der Waals surface area contributed by atoms with Gasteiger partial charge in [0.05, 0.1) is 31.9 Å². The first-order valence-corrected chi connectivity index (χ1v) is 8.60. The van der Waals surface area contributed by atoms with E-state index in [0.29, 0.717) is 17.3 Å². The van der Waals surface area contributed by atoms with Crippen LogP contribution in [0.25, 0.3) is 0 Å². The molecule has 0 bridgehead atoms. The van der Waals surface area contributed by atoms with Crippen LogP contribution in [-0.2, 0) is 4.79 Å². The van der Waals surface area contributed by atoms with Crippen LogP contribution in [0.3, 0.4) is 0 Å². The highest BCUT2D eigenvalue weighted by molar-refractivity contribution is 7.80. The summed E-state index contributed by atoms with van der Waals surface area (Å²) >= 11 is 5.37. The van der Waals surface area contributed by atoms with E-state index in [4.69, 9.17) is 12.2 Å². The van der Waals surface area contributed by atoms with Gasteiger partial charge in [-0.15, -0.1) is 0 Å². The van der Waals surface area contributed by atoms with Crippen molar-refractivity contribution in [2.24, 2.45) is 0 Å². The van der Waals surface area contributed by atoms with Crippen LogP contribution in [0, 0.1) is 5.82 Å². The number of piperazine rings is 1. The van der Waals surface area contributed by atoms with E-state index in [1.165, 1.54) is 11.0 Å². The number of hydrogen-bond donors (Lipinski definition) is 3. The fraction of sp³-hybridized carbons (Fsp3) is 0.529. The van der Waals surface area contributed by atoms with Crippen LogP contribution in [0.5, 0.6) is 0 Å². The van der Waals surface area contributed by atoms with E-state index in [1.54, 1.807) is 18.2 Å². The van der Waals surface area contributed by atoms with Crippen molar-refractivity contribution in [2.75, 3.05) is 38.0 Å². The second-order valence-corrected chi connectivity index (χ2v) is 7.51. The maximum absolute atomic E-state index is 13.7. The first-order chi connectivity index (χ1) is 11.2. The summed E-state index contributed by atoms with van der Waals surface area (Å²) in [5.74, 6) is -0.249. The van der Waals surface area contributed by atoms with Crippen LogP contribution in [0.2, 0.25) is 0 Å². The average molecular weight is 353 g/mol. The van der Waals surface area contributed by atoms with Crippen LogP contribution in [0.1, 0.15) is 20.8 Å². The third-order valence-corrected chi connectivity index (χ3v) is 4.16. The molecular weight excluding hydrogens is 327 g/mol. The van der Waals surface area contributed by atoms with Gasteiger partial charge in [0, 0.05) is 5.54 Å². The number of carbonyl (C=O) groups excluding carboxylic acids is 1. The lowest BCUT2D eigenvalue weighted by Crippen LogP contribution is -3.16. The number of rotatable bonds is 3. The standard InChI is InChI=1S/C17H25FN4OS/c1-17(2,3)20-15(23)12-21-8-10-22(11-9-21)16(24)19-14-7-5-4-6-13(14)18/h4-7H,8-12H2,1-3H3,(H,19,24)(H,20,23)/p+1. The number of nitrogens with one attached hydrogen (secondary N) is 3. The van der Waals surface area contributed by atoms with Crippen LogP contribution < -0.4 is 15.5 Å². The van der Waals surface area contributed by atoms with Crippen molar-refractivity contribution in [1.29, 1.82) is 0 Å². The third kappa shape index (κ3) is 5.72. The summed E-state index contributed by atoms with van der Waals surface area (Å²) in [4.78, 5) is 15.3. The summed E-state index contributed by atoms with van der Waals surface area (Å²) in [6, 6.07) is 6.49. The van der Waals surface area contributed by atoms with Crippen molar-refractivity contribution in [2.45, 2.75) is 26.3 Å². The van der Waals surface area contributed by atoms with Gasteiger partial charge in [0.1, 0.15) is 5.82 Å². The molecule has 1 aliphatic heterocycles. The predicted octanol–water partition coefficient (Wildman–Crippen LogP) is 0.638. The van der Waals surface area contributed by atoms with Gasteiger partial charge < -0.3 is 20.4 Å². The maximum Gasteiger partial charge on any atom is 0.275 e. The molecule has 0 aromatic heterocycles. The minimum Gasteiger partial charge on any atom is -0.347 e. The van der Waals surface area contributed by atoms with Gasteiger partial charge in [0.15, 0.2) is 11.7 Å². The summed E-state index contributed by atoms with van der Waals surface area (Å²) in [5.41, 5.74) is 0.186. The summed E-state index contributed by atoms with van der Waals surface area (Å²) in [6.45, 7) is 9.56. The molecule has 0 aliphatic carbocycles. The maximum atomic E-state index is 13.7. The van der Waals surface area contributed by atoms with Gasteiger partial charge in [0.25, 0.3) is 5.91 Å². The van der Waals surface area contributed by atoms with Crippen molar-refractivity contribution in [1.82, 2.24) is 10.2 Å². The molecule has 0 spiro atoms. The van der Waals surface area contributed by atoms with Gasteiger partial charge in [-0.3, -0.25) is 4.79 Å².